The minimum absolute atomic E-state index is 0.00381. The summed E-state index contributed by atoms with van der Waals surface area (Å²) >= 11 is 5.98. The van der Waals surface area contributed by atoms with Gasteiger partial charge in [-0.1, -0.05) is 17.7 Å². The molecule has 0 radical (unpaired) electrons. The van der Waals surface area contributed by atoms with Crippen molar-refractivity contribution in [1.29, 1.82) is 0 Å². The highest BCUT2D eigenvalue weighted by Crippen LogP contribution is 2.20. The summed E-state index contributed by atoms with van der Waals surface area (Å²) in [6, 6.07) is 4.10. The maximum Gasteiger partial charge on any atom is 0.246 e. The molecule has 8 heteroatoms. The van der Waals surface area contributed by atoms with Crippen LogP contribution in [0, 0.1) is 6.92 Å². The van der Waals surface area contributed by atoms with E-state index in [1.807, 2.05) is 6.92 Å². The average molecular weight is 347 g/mol. The lowest BCUT2D eigenvalue weighted by molar-refractivity contribution is -0.125. The Morgan fingerprint density at radius 1 is 1.32 bits per heavy atom. The van der Waals surface area contributed by atoms with Crippen LogP contribution in [0.3, 0.4) is 0 Å². The van der Waals surface area contributed by atoms with Gasteiger partial charge in [0.15, 0.2) is 0 Å². The lowest BCUT2D eigenvalue weighted by atomic mass is 10.2. The van der Waals surface area contributed by atoms with Crippen LogP contribution in [0.15, 0.2) is 18.2 Å². The van der Waals surface area contributed by atoms with Crippen LogP contribution in [0.25, 0.3) is 0 Å². The molecule has 6 nitrogen and oxygen atoms in total. The van der Waals surface area contributed by atoms with E-state index < -0.39 is 27.7 Å². The maximum absolute atomic E-state index is 12.2. The molecule has 1 rings (SSSR count). The second-order valence-corrected chi connectivity index (χ2v) is 7.79. The molecule has 0 aliphatic carbocycles. The summed E-state index contributed by atoms with van der Waals surface area (Å²) in [6.07, 6.45) is 1.08. The number of hydrogen-bond donors (Lipinski definition) is 2. The molecule has 0 heterocycles. The highest BCUT2D eigenvalue weighted by Gasteiger charge is 2.21. The van der Waals surface area contributed by atoms with E-state index >= 15 is 0 Å². The lowest BCUT2D eigenvalue weighted by Gasteiger charge is -2.17. The molecule has 0 fully saturated rings. The lowest BCUT2D eigenvalue weighted by Crippen LogP contribution is -2.43. The molecular formula is C14H19ClN2O4S. The van der Waals surface area contributed by atoms with Crippen molar-refractivity contribution in [2.75, 3.05) is 17.3 Å². The molecule has 0 saturated heterocycles. The summed E-state index contributed by atoms with van der Waals surface area (Å²) in [5, 5.41) is 5.57. The van der Waals surface area contributed by atoms with Gasteiger partial charge in [0.2, 0.25) is 11.8 Å². The molecule has 1 aromatic carbocycles. The van der Waals surface area contributed by atoms with Gasteiger partial charge in [0.25, 0.3) is 0 Å². The number of aryl methyl sites for hydroxylation is 1. The van der Waals surface area contributed by atoms with Gasteiger partial charge in [0, 0.05) is 23.9 Å². The number of hydrogen-bond acceptors (Lipinski definition) is 4. The molecule has 0 aromatic heterocycles. The van der Waals surface area contributed by atoms with Crippen LogP contribution in [-0.4, -0.2) is 38.3 Å². The first kappa shape index (κ1) is 18.4. The zero-order valence-electron chi connectivity index (χ0n) is 12.6. The zero-order chi connectivity index (χ0) is 16.9. The van der Waals surface area contributed by atoms with Gasteiger partial charge in [-0.15, -0.1) is 0 Å². The Balaban J connectivity index is 2.81. The van der Waals surface area contributed by atoms with E-state index in [2.05, 4.69) is 10.6 Å². The molecule has 1 unspecified atom stereocenters. The SMILES string of the molecule is CC(=O)NC(CCS(C)(=O)=O)C(=O)Nc1ccc(C)c(Cl)c1. The Bertz CT molecular complexity index is 673. The molecule has 2 amide bonds. The second-order valence-electron chi connectivity index (χ2n) is 5.12. The van der Waals surface area contributed by atoms with Crippen LogP contribution in [0.1, 0.15) is 18.9 Å². The van der Waals surface area contributed by atoms with Crippen LogP contribution < -0.4 is 10.6 Å². The topological polar surface area (TPSA) is 92.3 Å². The van der Waals surface area contributed by atoms with Crippen LogP contribution in [-0.2, 0) is 19.4 Å². The largest absolute Gasteiger partial charge is 0.345 e. The normalized spacial score (nSPS) is 12.5. The van der Waals surface area contributed by atoms with Gasteiger partial charge in [-0.25, -0.2) is 8.42 Å². The molecule has 0 aliphatic rings. The summed E-state index contributed by atoms with van der Waals surface area (Å²) in [6.45, 7) is 3.10. The van der Waals surface area contributed by atoms with E-state index in [0.29, 0.717) is 10.7 Å². The Labute approximate surface area is 135 Å². The number of nitrogens with one attached hydrogen (secondary N) is 2. The summed E-state index contributed by atoms with van der Waals surface area (Å²) < 4.78 is 22.4. The van der Waals surface area contributed by atoms with Crippen LogP contribution in [0.2, 0.25) is 5.02 Å². The van der Waals surface area contributed by atoms with Gasteiger partial charge in [0.1, 0.15) is 15.9 Å². The molecule has 1 atom stereocenters. The third-order valence-corrected chi connectivity index (χ3v) is 4.30. The van der Waals surface area contributed by atoms with E-state index in [4.69, 9.17) is 11.6 Å². The van der Waals surface area contributed by atoms with Crippen molar-refractivity contribution >= 4 is 38.9 Å². The van der Waals surface area contributed by atoms with Crippen LogP contribution in [0.5, 0.6) is 0 Å². The van der Waals surface area contributed by atoms with E-state index in [0.717, 1.165) is 11.8 Å². The van der Waals surface area contributed by atoms with Crippen molar-refractivity contribution in [2.24, 2.45) is 0 Å². The first-order valence-corrected chi connectivity index (χ1v) is 9.04. The number of rotatable bonds is 6. The number of anilines is 1. The first-order valence-electron chi connectivity index (χ1n) is 6.60. The quantitative estimate of drug-likeness (QED) is 0.817. The summed E-state index contributed by atoms with van der Waals surface area (Å²) in [4.78, 5) is 23.4. The Hall–Kier alpha value is -1.60. The molecule has 0 bridgehead atoms. The number of carbonyl (C=O) groups excluding carboxylic acids is 2. The third kappa shape index (κ3) is 6.44. The fourth-order valence-corrected chi connectivity index (χ4v) is 2.59. The standard InChI is InChI=1S/C14H19ClN2O4S/c1-9-4-5-11(8-12(9)15)17-14(19)13(16-10(2)18)6-7-22(3,20)21/h4-5,8,13H,6-7H2,1-3H3,(H,16,18)(H,17,19). The van der Waals surface area contributed by atoms with Crippen molar-refractivity contribution in [1.82, 2.24) is 5.32 Å². The van der Waals surface area contributed by atoms with Crippen molar-refractivity contribution < 1.29 is 18.0 Å². The fourth-order valence-electron chi connectivity index (χ4n) is 1.75. The second kappa shape index (κ2) is 7.60. The molecular weight excluding hydrogens is 328 g/mol. The van der Waals surface area contributed by atoms with E-state index in [-0.39, 0.29) is 12.2 Å². The first-order chi connectivity index (χ1) is 10.1. The number of sulfone groups is 1. The fraction of sp³-hybridized carbons (Fsp3) is 0.429. The molecule has 2 N–H and O–H groups in total. The van der Waals surface area contributed by atoms with Gasteiger partial charge in [-0.05, 0) is 31.0 Å². The van der Waals surface area contributed by atoms with Gasteiger partial charge < -0.3 is 10.6 Å². The Kier molecular flexibility index (Phi) is 6.37. The minimum Gasteiger partial charge on any atom is -0.345 e. The van der Waals surface area contributed by atoms with Crippen LogP contribution in [0.4, 0.5) is 5.69 Å². The molecule has 122 valence electrons. The number of benzene rings is 1. The molecule has 1 aromatic rings. The Morgan fingerprint density at radius 3 is 2.45 bits per heavy atom. The average Bonchev–Trinajstić information content (AvgIpc) is 2.37. The summed E-state index contributed by atoms with van der Waals surface area (Å²) in [7, 11) is -3.23. The van der Waals surface area contributed by atoms with Crippen LogP contribution >= 0.6 is 11.6 Å². The minimum atomic E-state index is -3.23. The molecule has 0 aliphatic heterocycles. The summed E-state index contributed by atoms with van der Waals surface area (Å²) in [5.74, 6) is -1.09. The highest BCUT2D eigenvalue weighted by atomic mass is 35.5. The monoisotopic (exact) mass is 346 g/mol. The van der Waals surface area contributed by atoms with E-state index in [1.165, 1.54) is 6.92 Å². The maximum atomic E-state index is 12.2. The number of halogens is 1. The predicted octanol–water partition coefficient (Wildman–Crippen LogP) is 1.53. The van der Waals surface area contributed by atoms with E-state index in [1.54, 1.807) is 18.2 Å². The van der Waals surface area contributed by atoms with Crippen molar-refractivity contribution in [3.8, 4) is 0 Å². The van der Waals surface area contributed by atoms with E-state index in [9.17, 15) is 18.0 Å². The number of carbonyl (C=O) groups is 2. The summed E-state index contributed by atoms with van der Waals surface area (Å²) in [5.41, 5.74) is 1.35. The Morgan fingerprint density at radius 2 is 1.95 bits per heavy atom. The third-order valence-electron chi connectivity index (χ3n) is 2.91. The zero-order valence-corrected chi connectivity index (χ0v) is 14.2. The number of amides is 2. The smallest absolute Gasteiger partial charge is 0.246 e. The van der Waals surface area contributed by atoms with Gasteiger partial charge in [-0.2, -0.15) is 0 Å². The van der Waals surface area contributed by atoms with Crippen molar-refractivity contribution in [3.63, 3.8) is 0 Å². The van der Waals surface area contributed by atoms with Gasteiger partial charge in [0.05, 0.1) is 5.75 Å². The molecule has 0 spiro atoms. The molecule has 0 saturated carbocycles. The van der Waals surface area contributed by atoms with Crippen molar-refractivity contribution in [2.45, 2.75) is 26.3 Å². The van der Waals surface area contributed by atoms with Gasteiger partial charge in [-0.3, -0.25) is 9.59 Å². The highest BCUT2D eigenvalue weighted by molar-refractivity contribution is 7.90. The van der Waals surface area contributed by atoms with Crippen molar-refractivity contribution in [3.05, 3.63) is 28.8 Å². The molecule has 22 heavy (non-hydrogen) atoms. The van der Waals surface area contributed by atoms with Gasteiger partial charge >= 0.3 is 0 Å². The predicted molar refractivity (Wildman–Crippen MR) is 86.8 cm³/mol.